The molecule has 1 aromatic carbocycles. The first-order valence-electron chi connectivity index (χ1n) is 9.13. The van der Waals surface area contributed by atoms with E-state index in [0.717, 1.165) is 18.4 Å². The Morgan fingerprint density at radius 2 is 1.96 bits per heavy atom. The maximum absolute atomic E-state index is 12.5. The standard InChI is InChI=1S/C21H24N2O4S/c1-26-18-5-3-15(19(13-18)27-2)4-6-20(24)23-10-7-17(8-11-23)22-21(25)16-9-12-28-14-16/h3-6,9,12-14,17H,7-8,10-11H2,1-2H3,(H,22,25). The molecule has 1 fully saturated rings. The first-order chi connectivity index (χ1) is 13.6. The fourth-order valence-corrected chi connectivity index (χ4v) is 3.77. The second-order valence-electron chi connectivity index (χ2n) is 6.53. The summed E-state index contributed by atoms with van der Waals surface area (Å²) in [6.07, 6.45) is 4.82. The largest absolute Gasteiger partial charge is 0.497 e. The van der Waals surface area contributed by atoms with Crippen molar-refractivity contribution in [1.29, 1.82) is 0 Å². The van der Waals surface area contributed by atoms with Crippen molar-refractivity contribution < 1.29 is 19.1 Å². The zero-order valence-electron chi connectivity index (χ0n) is 16.0. The van der Waals surface area contributed by atoms with Crippen LogP contribution in [0.5, 0.6) is 11.5 Å². The highest BCUT2D eigenvalue weighted by molar-refractivity contribution is 7.08. The highest BCUT2D eigenvalue weighted by Gasteiger charge is 2.23. The number of likely N-dealkylation sites (tertiary alicyclic amines) is 1. The minimum absolute atomic E-state index is 0.0412. The van der Waals surface area contributed by atoms with Crippen LogP contribution in [0.4, 0.5) is 0 Å². The van der Waals surface area contributed by atoms with Crippen LogP contribution >= 0.6 is 11.3 Å². The molecular formula is C21H24N2O4S. The molecule has 0 atom stereocenters. The number of ether oxygens (including phenoxy) is 2. The van der Waals surface area contributed by atoms with E-state index in [1.165, 1.54) is 11.3 Å². The number of hydrogen-bond acceptors (Lipinski definition) is 5. The summed E-state index contributed by atoms with van der Waals surface area (Å²) in [5.41, 5.74) is 1.51. The third-order valence-corrected chi connectivity index (χ3v) is 5.45. The van der Waals surface area contributed by atoms with Crippen LogP contribution in [0.25, 0.3) is 6.08 Å². The van der Waals surface area contributed by atoms with Gasteiger partial charge in [-0.25, -0.2) is 0 Å². The van der Waals surface area contributed by atoms with E-state index < -0.39 is 0 Å². The van der Waals surface area contributed by atoms with Gasteiger partial charge in [-0.2, -0.15) is 11.3 Å². The molecule has 0 spiro atoms. The van der Waals surface area contributed by atoms with E-state index in [1.54, 1.807) is 37.3 Å². The summed E-state index contributed by atoms with van der Waals surface area (Å²) in [4.78, 5) is 26.4. The summed E-state index contributed by atoms with van der Waals surface area (Å²) in [6, 6.07) is 7.38. The lowest BCUT2D eigenvalue weighted by Gasteiger charge is -2.31. The van der Waals surface area contributed by atoms with E-state index in [9.17, 15) is 9.59 Å². The molecule has 1 aromatic heterocycles. The molecule has 1 aliphatic rings. The third kappa shape index (κ3) is 4.92. The van der Waals surface area contributed by atoms with E-state index in [-0.39, 0.29) is 17.9 Å². The Hall–Kier alpha value is -2.80. The monoisotopic (exact) mass is 400 g/mol. The van der Waals surface area contributed by atoms with Crippen LogP contribution in [-0.4, -0.2) is 50.1 Å². The number of piperidine rings is 1. The van der Waals surface area contributed by atoms with Crippen molar-refractivity contribution >= 4 is 29.2 Å². The Kier molecular flexibility index (Phi) is 6.71. The van der Waals surface area contributed by atoms with Crippen LogP contribution in [0.15, 0.2) is 41.1 Å². The number of nitrogens with zero attached hydrogens (tertiary/aromatic N) is 1. The highest BCUT2D eigenvalue weighted by atomic mass is 32.1. The second kappa shape index (κ2) is 9.41. The molecule has 28 heavy (non-hydrogen) atoms. The molecule has 0 unspecified atom stereocenters. The predicted octanol–water partition coefficient (Wildman–Crippen LogP) is 3.20. The van der Waals surface area contributed by atoms with Gasteiger partial charge in [0.15, 0.2) is 0 Å². The summed E-state index contributed by atoms with van der Waals surface area (Å²) in [5.74, 6) is 1.27. The molecular weight excluding hydrogens is 376 g/mol. The number of hydrogen-bond donors (Lipinski definition) is 1. The fraction of sp³-hybridized carbons (Fsp3) is 0.333. The van der Waals surface area contributed by atoms with Crippen LogP contribution in [0.1, 0.15) is 28.8 Å². The fourth-order valence-electron chi connectivity index (χ4n) is 3.13. The topological polar surface area (TPSA) is 67.9 Å². The number of carbonyl (C=O) groups is 2. The van der Waals surface area contributed by atoms with Crippen molar-refractivity contribution in [2.24, 2.45) is 0 Å². The van der Waals surface area contributed by atoms with E-state index >= 15 is 0 Å². The summed E-state index contributed by atoms with van der Waals surface area (Å²) in [6.45, 7) is 1.25. The lowest BCUT2D eigenvalue weighted by molar-refractivity contribution is -0.126. The average molecular weight is 401 g/mol. The van der Waals surface area contributed by atoms with Gasteiger partial charge in [0.05, 0.1) is 14.2 Å². The van der Waals surface area contributed by atoms with Crippen LogP contribution in [-0.2, 0) is 4.79 Å². The van der Waals surface area contributed by atoms with Gasteiger partial charge in [0.25, 0.3) is 5.91 Å². The smallest absolute Gasteiger partial charge is 0.252 e. The predicted molar refractivity (Wildman–Crippen MR) is 110 cm³/mol. The number of carbonyl (C=O) groups excluding carboxylic acids is 2. The summed E-state index contributed by atoms with van der Waals surface area (Å²) < 4.78 is 10.5. The molecule has 7 heteroatoms. The first-order valence-corrected chi connectivity index (χ1v) is 10.1. The molecule has 0 aliphatic carbocycles. The van der Waals surface area contributed by atoms with E-state index in [2.05, 4.69) is 5.32 Å². The number of methoxy groups -OCH3 is 2. The second-order valence-corrected chi connectivity index (χ2v) is 7.31. The van der Waals surface area contributed by atoms with Crippen LogP contribution in [0.3, 0.4) is 0 Å². The molecule has 0 radical (unpaired) electrons. The third-order valence-electron chi connectivity index (χ3n) is 4.77. The molecule has 148 valence electrons. The maximum Gasteiger partial charge on any atom is 0.252 e. The van der Waals surface area contributed by atoms with E-state index in [0.29, 0.717) is 30.2 Å². The molecule has 1 saturated heterocycles. The van der Waals surface area contributed by atoms with Crippen LogP contribution in [0.2, 0.25) is 0 Å². The molecule has 0 saturated carbocycles. The summed E-state index contributed by atoms with van der Waals surface area (Å²) >= 11 is 1.51. The summed E-state index contributed by atoms with van der Waals surface area (Å²) in [7, 11) is 3.18. The molecule has 2 amide bonds. The lowest BCUT2D eigenvalue weighted by Crippen LogP contribution is -2.46. The maximum atomic E-state index is 12.5. The Balaban J connectivity index is 1.52. The van der Waals surface area contributed by atoms with Crippen molar-refractivity contribution in [1.82, 2.24) is 10.2 Å². The van der Waals surface area contributed by atoms with Gasteiger partial charge in [0.1, 0.15) is 11.5 Å². The van der Waals surface area contributed by atoms with Gasteiger partial charge in [-0.3, -0.25) is 9.59 Å². The van der Waals surface area contributed by atoms with E-state index in [1.807, 2.05) is 29.0 Å². The van der Waals surface area contributed by atoms with E-state index in [4.69, 9.17) is 9.47 Å². The van der Waals surface area contributed by atoms with Crippen molar-refractivity contribution in [3.8, 4) is 11.5 Å². The van der Waals surface area contributed by atoms with Gasteiger partial charge in [0.2, 0.25) is 5.91 Å². The molecule has 3 rings (SSSR count). The first kappa shape index (κ1) is 19.9. The number of rotatable bonds is 6. The van der Waals surface area contributed by atoms with Gasteiger partial charge in [-0.15, -0.1) is 0 Å². The van der Waals surface area contributed by atoms with Crippen LogP contribution in [0, 0.1) is 0 Å². The Morgan fingerprint density at radius 1 is 1.18 bits per heavy atom. The van der Waals surface area contributed by atoms with Gasteiger partial charge >= 0.3 is 0 Å². The molecule has 6 nitrogen and oxygen atoms in total. The minimum atomic E-state index is -0.0440. The van der Waals surface area contributed by atoms with Crippen molar-refractivity contribution in [3.63, 3.8) is 0 Å². The van der Waals surface area contributed by atoms with Crippen molar-refractivity contribution in [2.45, 2.75) is 18.9 Å². The Labute approximate surface area is 168 Å². The SMILES string of the molecule is COc1ccc(C=CC(=O)N2CCC(NC(=O)c3ccsc3)CC2)c(OC)c1. The molecule has 2 heterocycles. The van der Waals surface area contributed by atoms with Crippen molar-refractivity contribution in [2.75, 3.05) is 27.3 Å². The van der Waals surface area contributed by atoms with Gasteiger partial charge in [0, 0.05) is 47.8 Å². The lowest BCUT2D eigenvalue weighted by atomic mass is 10.0. The Morgan fingerprint density at radius 3 is 2.61 bits per heavy atom. The van der Waals surface area contributed by atoms with Gasteiger partial charge in [-0.1, -0.05) is 0 Å². The number of benzene rings is 1. The summed E-state index contributed by atoms with van der Waals surface area (Å²) in [5, 5.41) is 6.78. The molecule has 0 bridgehead atoms. The number of thiophene rings is 1. The Bertz CT molecular complexity index is 840. The van der Waals surface area contributed by atoms with Gasteiger partial charge in [-0.05, 0) is 42.5 Å². The average Bonchev–Trinajstić information content (AvgIpc) is 3.27. The van der Waals surface area contributed by atoms with Gasteiger partial charge < -0.3 is 19.7 Å². The number of nitrogens with one attached hydrogen (secondary N) is 1. The quantitative estimate of drug-likeness (QED) is 0.756. The zero-order chi connectivity index (χ0) is 19.9. The zero-order valence-corrected chi connectivity index (χ0v) is 16.8. The highest BCUT2D eigenvalue weighted by Crippen LogP contribution is 2.25. The normalized spacial score (nSPS) is 14.9. The van der Waals surface area contributed by atoms with Crippen LogP contribution < -0.4 is 14.8 Å². The van der Waals surface area contributed by atoms with Crippen molar-refractivity contribution in [3.05, 3.63) is 52.2 Å². The molecule has 1 N–H and O–H groups in total. The number of amides is 2. The minimum Gasteiger partial charge on any atom is -0.497 e. The molecule has 1 aliphatic heterocycles. The molecule has 2 aromatic rings.